The molecule has 1 fully saturated rings. The Balaban J connectivity index is 1.38. The number of rotatable bonds is 6. The number of anilines is 1. The van der Waals surface area contributed by atoms with Crippen LogP contribution in [0.25, 0.3) is 39.2 Å². The molecule has 1 aliphatic heterocycles. The molecule has 234 valence electrons. The topological polar surface area (TPSA) is 120 Å². The standard InChI is InChI=1S/C34H39N7O4/c1-20-17-35-32(37-27-19-40(16-15-28(27)43-7)33(42)44-34(4,5)6)38-30(20)25-18-41(23-11-9-8-10-12-23)31-24(25)13-14-26(36-31)29-21(2)39-45-22(29)3/h8-14,17-18,27-28H,15-16,19H2,1-7H3,(H,35,37,38)/t27-,28-/m1/s1. The van der Waals surface area contributed by atoms with Crippen LogP contribution in [0.4, 0.5) is 10.7 Å². The van der Waals surface area contributed by atoms with Gasteiger partial charge in [0.2, 0.25) is 5.95 Å². The van der Waals surface area contributed by atoms with Crippen LogP contribution in [-0.2, 0) is 9.47 Å². The second kappa shape index (κ2) is 12.0. The SMILES string of the molecule is CO[C@@H]1CCN(C(=O)OC(C)(C)C)C[C@H]1Nc1ncc(C)c(-c2cn(-c3ccccc3)c3nc(-c4c(C)noc4C)ccc23)n1. The van der Waals surface area contributed by atoms with Crippen LogP contribution in [0.1, 0.15) is 44.2 Å². The van der Waals surface area contributed by atoms with E-state index in [0.717, 1.165) is 56.3 Å². The Morgan fingerprint density at radius 1 is 1.07 bits per heavy atom. The number of nitrogens with one attached hydrogen (secondary N) is 1. The predicted octanol–water partition coefficient (Wildman–Crippen LogP) is 6.50. The number of fused-ring (bicyclic) bond motifs is 1. The highest BCUT2D eigenvalue weighted by atomic mass is 16.6. The van der Waals surface area contributed by atoms with Gasteiger partial charge in [-0.2, -0.15) is 0 Å². The summed E-state index contributed by atoms with van der Waals surface area (Å²) >= 11 is 0. The van der Waals surface area contributed by atoms with Gasteiger partial charge in [0.1, 0.15) is 17.0 Å². The lowest BCUT2D eigenvalue weighted by Crippen LogP contribution is -2.53. The Kier molecular flexibility index (Phi) is 8.05. The van der Waals surface area contributed by atoms with Crippen LogP contribution in [0, 0.1) is 20.8 Å². The quantitative estimate of drug-likeness (QED) is 0.230. The van der Waals surface area contributed by atoms with Gasteiger partial charge >= 0.3 is 6.09 Å². The van der Waals surface area contributed by atoms with Crippen molar-refractivity contribution < 1.29 is 18.8 Å². The number of piperidine rings is 1. The number of aryl methyl sites for hydroxylation is 3. The fourth-order valence-corrected chi connectivity index (χ4v) is 5.86. The summed E-state index contributed by atoms with van der Waals surface area (Å²) in [6.45, 7) is 12.4. The van der Waals surface area contributed by atoms with E-state index in [9.17, 15) is 4.79 Å². The maximum atomic E-state index is 12.9. The smallest absolute Gasteiger partial charge is 0.410 e. The van der Waals surface area contributed by atoms with Crippen molar-refractivity contribution in [3.8, 4) is 28.2 Å². The summed E-state index contributed by atoms with van der Waals surface area (Å²) < 4.78 is 19.0. The first-order valence-corrected chi connectivity index (χ1v) is 15.1. The van der Waals surface area contributed by atoms with Crippen molar-refractivity contribution in [3.05, 3.63) is 71.9 Å². The normalized spacial score (nSPS) is 17.1. The van der Waals surface area contributed by atoms with Crippen LogP contribution >= 0.6 is 0 Å². The van der Waals surface area contributed by atoms with Crippen LogP contribution < -0.4 is 5.32 Å². The maximum absolute atomic E-state index is 12.9. The van der Waals surface area contributed by atoms with E-state index in [2.05, 4.69) is 44.4 Å². The molecule has 2 atom stereocenters. The number of aromatic nitrogens is 5. The van der Waals surface area contributed by atoms with Crippen LogP contribution in [0.5, 0.6) is 0 Å². The summed E-state index contributed by atoms with van der Waals surface area (Å²) in [6, 6.07) is 14.0. The van der Waals surface area contributed by atoms with Crippen molar-refractivity contribution in [2.75, 3.05) is 25.5 Å². The van der Waals surface area contributed by atoms with Gasteiger partial charge in [0.05, 0.1) is 34.8 Å². The summed E-state index contributed by atoms with van der Waals surface area (Å²) in [5, 5.41) is 8.54. The number of nitrogens with zero attached hydrogens (tertiary/aromatic N) is 6. The van der Waals surface area contributed by atoms with Crippen molar-refractivity contribution in [1.82, 2.24) is 29.6 Å². The van der Waals surface area contributed by atoms with Crippen molar-refractivity contribution >= 4 is 23.1 Å². The lowest BCUT2D eigenvalue weighted by molar-refractivity contribution is -0.00290. The van der Waals surface area contributed by atoms with E-state index in [0.29, 0.717) is 25.5 Å². The molecule has 1 N–H and O–H groups in total. The molecule has 11 heteroatoms. The molecule has 45 heavy (non-hydrogen) atoms. The monoisotopic (exact) mass is 609 g/mol. The Bertz CT molecular complexity index is 1820. The highest BCUT2D eigenvalue weighted by Gasteiger charge is 2.34. The number of methoxy groups -OCH3 is 1. The van der Waals surface area contributed by atoms with Gasteiger partial charge in [-0.3, -0.25) is 0 Å². The largest absolute Gasteiger partial charge is 0.444 e. The number of amides is 1. The zero-order valence-corrected chi connectivity index (χ0v) is 26.8. The molecule has 0 aliphatic carbocycles. The minimum absolute atomic E-state index is 0.121. The molecular formula is C34H39N7O4. The average molecular weight is 610 g/mol. The molecule has 5 aromatic rings. The van der Waals surface area contributed by atoms with Gasteiger partial charge in [-0.15, -0.1) is 0 Å². The van der Waals surface area contributed by atoms with Crippen molar-refractivity contribution in [2.45, 2.75) is 65.7 Å². The van der Waals surface area contributed by atoms with Gasteiger partial charge in [-0.25, -0.2) is 19.7 Å². The lowest BCUT2D eigenvalue weighted by Gasteiger charge is -2.38. The second-order valence-electron chi connectivity index (χ2n) is 12.5. The summed E-state index contributed by atoms with van der Waals surface area (Å²) in [5.41, 5.74) is 6.31. The molecule has 0 radical (unpaired) electrons. The highest BCUT2D eigenvalue weighted by Crippen LogP contribution is 2.35. The van der Waals surface area contributed by atoms with E-state index in [-0.39, 0.29) is 18.2 Å². The summed E-state index contributed by atoms with van der Waals surface area (Å²) in [4.78, 5) is 29.3. The van der Waals surface area contributed by atoms with E-state index >= 15 is 0 Å². The van der Waals surface area contributed by atoms with Crippen molar-refractivity contribution in [3.63, 3.8) is 0 Å². The fraction of sp³-hybridized carbons (Fsp3) is 0.382. The number of likely N-dealkylation sites (tertiary alicyclic amines) is 1. The Morgan fingerprint density at radius 3 is 2.53 bits per heavy atom. The Morgan fingerprint density at radius 2 is 1.84 bits per heavy atom. The molecule has 1 saturated heterocycles. The third-order valence-electron chi connectivity index (χ3n) is 8.02. The van der Waals surface area contributed by atoms with E-state index in [1.165, 1.54) is 0 Å². The number of hydrogen-bond acceptors (Lipinski definition) is 9. The molecule has 1 aromatic carbocycles. The van der Waals surface area contributed by atoms with Gasteiger partial charge in [0.25, 0.3) is 0 Å². The van der Waals surface area contributed by atoms with Gasteiger partial charge in [0.15, 0.2) is 0 Å². The summed E-state index contributed by atoms with van der Waals surface area (Å²) in [5.74, 6) is 1.18. The molecule has 1 amide bonds. The molecule has 0 saturated carbocycles. The third-order valence-corrected chi connectivity index (χ3v) is 8.02. The number of hydrogen-bond donors (Lipinski definition) is 1. The molecule has 1 aliphatic rings. The van der Waals surface area contributed by atoms with Gasteiger partial charge in [0, 0.05) is 49.2 Å². The Labute approximate surface area is 262 Å². The zero-order valence-electron chi connectivity index (χ0n) is 26.8. The molecule has 0 spiro atoms. The van der Waals surface area contributed by atoms with E-state index in [4.69, 9.17) is 24.0 Å². The highest BCUT2D eigenvalue weighted by molar-refractivity contribution is 5.96. The van der Waals surface area contributed by atoms with Crippen LogP contribution in [0.15, 0.2) is 59.4 Å². The molecular weight excluding hydrogens is 570 g/mol. The summed E-state index contributed by atoms with van der Waals surface area (Å²) in [6.07, 6.45) is 4.09. The van der Waals surface area contributed by atoms with Crippen molar-refractivity contribution in [1.29, 1.82) is 0 Å². The lowest BCUT2D eigenvalue weighted by atomic mass is 10.0. The first-order chi connectivity index (χ1) is 21.5. The van der Waals surface area contributed by atoms with Crippen LogP contribution in [0.2, 0.25) is 0 Å². The van der Waals surface area contributed by atoms with Crippen LogP contribution in [-0.4, -0.2) is 73.6 Å². The van der Waals surface area contributed by atoms with E-state index in [1.807, 2.05) is 72.0 Å². The van der Waals surface area contributed by atoms with E-state index in [1.54, 1.807) is 12.0 Å². The molecule has 6 rings (SSSR count). The second-order valence-corrected chi connectivity index (χ2v) is 12.5. The molecule has 11 nitrogen and oxygen atoms in total. The number of pyridine rings is 1. The first kappa shape index (κ1) is 30.3. The maximum Gasteiger partial charge on any atom is 0.410 e. The average Bonchev–Trinajstić information content (AvgIpc) is 3.56. The summed E-state index contributed by atoms with van der Waals surface area (Å²) in [7, 11) is 1.69. The number of carbonyl (C=O) groups excluding carboxylic acids is 1. The minimum Gasteiger partial charge on any atom is -0.444 e. The van der Waals surface area contributed by atoms with Gasteiger partial charge < -0.3 is 28.8 Å². The molecule has 0 unspecified atom stereocenters. The molecule has 4 aromatic heterocycles. The fourth-order valence-electron chi connectivity index (χ4n) is 5.86. The molecule has 0 bridgehead atoms. The third kappa shape index (κ3) is 6.12. The number of carbonyl (C=O) groups is 1. The van der Waals surface area contributed by atoms with Crippen LogP contribution in [0.3, 0.4) is 0 Å². The number of benzene rings is 1. The van der Waals surface area contributed by atoms with Gasteiger partial charge in [-0.05, 0) is 77.8 Å². The number of para-hydroxylation sites is 1. The zero-order chi connectivity index (χ0) is 31.9. The first-order valence-electron chi connectivity index (χ1n) is 15.1. The molecule has 5 heterocycles. The Hall–Kier alpha value is -4.77. The van der Waals surface area contributed by atoms with E-state index < -0.39 is 5.60 Å². The number of ether oxygens (including phenoxy) is 2. The predicted molar refractivity (Wildman–Crippen MR) is 172 cm³/mol. The van der Waals surface area contributed by atoms with Gasteiger partial charge in [-0.1, -0.05) is 23.4 Å². The van der Waals surface area contributed by atoms with Crippen molar-refractivity contribution in [2.24, 2.45) is 0 Å². The minimum atomic E-state index is -0.575.